The highest BCUT2D eigenvalue weighted by Gasteiger charge is 2.31. The molecule has 1 aliphatic heterocycles. The maximum atomic E-state index is 10.7. The third kappa shape index (κ3) is 2.76. The number of carbonyl (C=O) groups is 1. The van der Waals surface area contributed by atoms with Crippen LogP contribution in [0, 0.1) is 11.8 Å². The first-order chi connectivity index (χ1) is 7.66. The van der Waals surface area contributed by atoms with E-state index in [-0.39, 0.29) is 0 Å². The smallest absolute Gasteiger partial charge is 0.303 e. The second-order valence-corrected chi connectivity index (χ2v) is 5.56. The Morgan fingerprint density at radius 1 is 1.38 bits per heavy atom. The molecule has 0 bridgehead atoms. The third-order valence-corrected chi connectivity index (χ3v) is 4.38. The van der Waals surface area contributed by atoms with Gasteiger partial charge in [-0.05, 0) is 44.1 Å². The lowest BCUT2D eigenvalue weighted by atomic mass is 9.82. The fraction of sp³-hybridized carbons (Fsp3) is 0.923. The molecule has 2 fully saturated rings. The van der Waals surface area contributed by atoms with Crippen LogP contribution in [-0.4, -0.2) is 35.1 Å². The van der Waals surface area contributed by atoms with E-state index in [0.29, 0.717) is 18.3 Å². The molecule has 1 saturated carbocycles. The van der Waals surface area contributed by atoms with Crippen LogP contribution < -0.4 is 0 Å². The van der Waals surface area contributed by atoms with Gasteiger partial charge in [0.15, 0.2) is 0 Å². The number of piperidine rings is 1. The molecule has 1 heterocycles. The molecule has 3 heteroatoms. The molecule has 16 heavy (non-hydrogen) atoms. The average molecular weight is 225 g/mol. The van der Waals surface area contributed by atoms with Crippen LogP contribution in [0.5, 0.6) is 0 Å². The molecule has 2 aliphatic rings. The fourth-order valence-corrected chi connectivity index (χ4v) is 3.03. The lowest BCUT2D eigenvalue weighted by Crippen LogP contribution is -2.47. The van der Waals surface area contributed by atoms with Crippen molar-refractivity contribution in [1.29, 1.82) is 0 Å². The van der Waals surface area contributed by atoms with E-state index < -0.39 is 5.97 Å². The molecule has 92 valence electrons. The topological polar surface area (TPSA) is 40.5 Å². The number of likely N-dealkylation sites (tertiary alicyclic amines) is 1. The first kappa shape index (κ1) is 11.9. The minimum atomic E-state index is -0.645. The predicted octanol–water partition coefficient (Wildman–Crippen LogP) is 2.36. The number of aliphatic carboxylic acids is 1. The van der Waals surface area contributed by atoms with E-state index in [9.17, 15) is 4.79 Å². The van der Waals surface area contributed by atoms with Gasteiger partial charge in [-0.25, -0.2) is 0 Å². The van der Waals surface area contributed by atoms with Gasteiger partial charge in [-0.3, -0.25) is 4.79 Å². The van der Waals surface area contributed by atoms with Gasteiger partial charge in [-0.1, -0.05) is 13.3 Å². The zero-order valence-corrected chi connectivity index (χ0v) is 10.2. The highest BCUT2D eigenvalue weighted by Crippen LogP contribution is 2.32. The monoisotopic (exact) mass is 225 g/mol. The second kappa shape index (κ2) is 5.17. The Bertz CT molecular complexity index is 250. The predicted molar refractivity (Wildman–Crippen MR) is 63.4 cm³/mol. The van der Waals surface area contributed by atoms with E-state index in [1.165, 1.54) is 38.6 Å². The summed E-state index contributed by atoms with van der Waals surface area (Å²) in [5.41, 5.74) is 0. The van der Waals surface area contributed by atoms with Crippen molar-refractivity contribution in [3.05, 3.63) is 0 Å². The molecule has 0 aromatic carbocycles. The number of hydrogen-bond donors (Lipinski definition) is 1. The Balaban J connectivity index is 1.83. The second-order valence-electron chi connectivity index (χ2n) is 5.56. The van der Waals surface area contributed by atoms with Crippen molar-refractivity contribution >= 4 is 5.97 Å². The standard InChI is InChI=1S/C13H23NO2/c1-10(8-13(15)16)11-4-3-7-14(9-11)12-5-2-6-12/h10-12H,2-9H2,1H3,(H,15,16). The van der Waals surface area contributed by atoms with Gasteiger partial charge >= 0.3 is 5.97 Å². The lowest BCUT2D eigenvalue weighted by Gasteiger charge is -2.43. The normalized spacial score (nSPS) is 29.7. The Hall–Kier alpha value is -0.570. The van der Waals surface area contributed by atoms with Crippen LogP contribution in [0.2, 0.25) is 0 Å². The van der Waals surface area contributed by atoms with Crippen molar-refractivity contribution in [3.8, 4) is 0 Å². The molecule has 0 aromatic heterocycles. The van der Waals surface area contributed by atoms with E-state index in [0.717, 1.165) is 12.6 Å². The summed E-state index contributed by atoms with van der Waals surface area (Å²) in [6.45, 7) is 4.48. The summed E-state index contributed by atoms with van der Waals surface area (Å²) in [6, 6.07) is 0.819. The molecule has 1 N–H and O–H groups in total. The van der Waals surface area contributed by atoms with E-state index in [1.807, 2.05) is 0 Å². The molecule has 0 radical (unpaired) electrons. The number of carboxylic acids is 1. The first-order valence-corrected chi connectivity index (χ1v) is 6.62. The van der Waals surface area contributed by atoms with E-state index in [1.54, 1.807) is 0 Å². The molecule has 2 rings (SSSR count). The van der Waals surface area contributed by atoms with Crippen LogP contribution in [0.1, 0.15) is 45.4 Å². The van der Waals surface area contributed by atoms with Crippen LogP contribution in [0.15, 0.2) is 0 Å². The van der Waals surface area contributed by atoms with Gasteiger partial charge in [0.25, 0.3) is 0 Å². The van der Waals surface area contributed by atoms with Crippen LogP contribution in [0.4, 0.5) is 0 Å². The SMILES string of the molecule is CC(CC(=O)O)C1CCCN(C2CCC2)C1. The minimum absolute atomic E-state index is 0.334. The highest BCUT2D eigenvalue weighted by molar-refractivity contribution is 5.67. The van der Waals surface area contributed by atoms with Crippen LogP contribution in [0.25, 0.3) is 0 Å². The fourth-order valence-electron chi connectivity index (χ4n) is 3.03. The molecular formula is C13H23NO2. The maximum absolute atomic E-state index is 10.7. The van der Waals surface area contributed by atoms with Gasteiger partial charge in [-0.2, -0.15) is 0 Å². The highest BCUT2D eigenvalue weighted by atomic mass is 16.4. The van der Waals surface area contributed by atoms with Gasteiger partial charge in [0.05, 0.1) is 0 Å². The van der Waals surface area contributed by atoms with E-state index in [4.69, 9.17) is 5.11 Å². The Labute approximate surface area is 97.8 Å². The van der Waals surface area contributed by atoms with E-state index in [2.05, 4.69) is 11.8 Å². The number of hydrogen-bond acceptors (Lipinski definition) is 2. The zero-order valence-electron chi connectivity index (χ0n) is 10.2. The van der Waals surface area contributed by atoms with Crippen molar-refractivity contribution in [2.24, 2.45) is 11.8 Å². The van der Waals surface area contributed by atoms with Crippen LogP contribution in [-0.2, 0) is 4.79 Å². The largest absolute Gasteiger partial charge is 0.481 e. The summed E-state index contributed by atoms with van der Waals surface area (Å²) in [7, 11) is 0. The summed E-state index contributed by atoms with van der Waals surface area (Å²) in [5.74, 6) is 0.291. The number of nitrogens with zero attached hydrogens (tertiary/aromatic N) is 1. The van der Waals surface area contributed by atoms with Crippen LogP contribution >= 0.6 is 0 Å². The molecule has 3 nitrogen and oxygen atoms in total. The van der Waals surface area contributed by atoms with Crippen molar-refractivity contribution in [1.82, 2.24) is 4.90 Å². The quantitative estimate of drug-likeness (QED) is 0.798. The zero-order chi connectivity index (χ0) is 11.5. The third-order valence-electron chi connectivity index (χ3n) is 4.38. The molecule has 1 aliphatic carbocycles. The van der Waals surface area contributed by atoms with Gasteiger partial charge in [0.2, 0.25) is 0 Å². The molecule has 0 amide bonds. The van der Waals surface area contributed by atoms with Crippen molar-refractivity contribution < 1.29 is 9.90 Å². The maximum Gasteiger partial charge on any atom is 0.303 e. The summed E-state index contributed by atoms with van der Waals surface area (Å²) in [4.78, 5) is 13.3. The Morgan fingerprint density at radius 2 is 2.12 bits per heavy atom. The number of rotatable bonds is 4. The van der Waals surface area contributed by atoms with Gasteiger partial charge in [0.1, 0.15) is 0 Å². The molecule has 2 atom stereocenters. The van der Waals surface area contributed by atoms with Gasteiger partial charge in [0, 0.05) is 19.0 Å². The summed E-state index contributed by atoms with van der Waals surface area (Å²) in [5, 5.41) is 8.83. The van der Waals surface area contributed by atoms with Gasteiger partial charge < -0.3 is 10.0 Å². The first-order valence-electron chi connectivity index (χ1n) is 6.62. The van der Waals surface area contributed by atoms with Crippen molar-refractivity contribution in [2.75, 3.05) is 13.1 Å². The average Bonchev–Trinajstić information content (AvgIpc) is 2.14. The Kier molecular flexibility index (Phi) is 3.85. The molecule has 0 aromatic rings. The Morgan fingerprint density at radius 3 is 2.69 bits per heavy atom. The van der Waals surface area contributed by atoms with Gasteiger partial charge in [-0.15, -0.1) is 0 Å². The van der Waals surface area contributed by atoms with E-state index >= 15 is 0 Å². The van der Waals surface area contributed by atoms with Crippen LogP contribution in [0.3, 0.4) is 0 Å². The summed E-state index contributed by atoms with van der Waals surface area (Å²) < 4.78 is 0. The molecule has 2 unspecified atom stereocenters. The lowest BCUT2D eigenvalue weighted by molar-refractivity contribution is -0.138. The molecule has 1 saturated heterocycles. The molecule has 0 spiro atoms. The number of carboxylic acid groups (broad SMARTS) is 1. The molecular weight excluding hydrogens is 202 g/mol. The summed E-state index contributed by atoms with van der Waals surface area (Å²) >= 11 is 0. The van der Waals surface area contributed by atoms with Crippen molar-refractivity contribution in [2.45, 2.75) is 51.5 Å². The van der Waals surface area contributed by atoms with Crippen molar-refractivity contribution in [3.63, 3.8) is 0 Å². The minimum Gasteiger partial charge on any atom is -0.481 e. The summed E-state index contributed by atoms with van der Waals surface area (Å²) in [6.07, 6.45) is 6.92.